The lowest BCUT2D eigenvalue weighted by atomic mass is 10.1. The van der Waals surface area contributed by atoms with Crippen molar-refractivity contribution in [1.82, 2.24) is 14.8 Å². The maximum absolute atomic E-state index is 13.4. The Labute approximate surface area is 217 Å². The van der Waals surface area contributed by atoms with E-state index in [9.17, 15) is 14.5 Å². The summed E-state index contributed by atoms with van der Waals surface area (Å²) in [7, 11) is 0. The Bertz CT molecular complexity index is 1410. The number of rotatable bonds is 9. The third-order valence-electron chi connectivity index (χ3n) is 5.72. The Morgan fingerprint density at radius 1 is 1.08 bits per heavy atom. The number of halogens is 2. The zero-order valence-corrected chi connectivity index (χ0v) is 21.5. The first-order chi connectivity index (χ1) is 17.2. The molecule has 0 spiro atoms. The smallest absolute Gasteiger partial charge is 0.220 e. The molecule has 0 saturated heterocycles. The van der Waals surface area contributed by atoms with Gasteiger partial charge in [-0.15, -0.1) is 10.2 Å². The topological polar surface area (TPSA) is 83.1 Å². The van der Waals surface area contributed by atoms with Crippen molar-refractivity contribution in [2.45, 2.75) is 37.8 Å². The highest BCUT2D eigenvalue weighted by Gasteiger charge is 2.25. The number of nitro groups is 1. The first-order valence-electron chi connectivity index (χ1n) is 11.2. The van der Waals surface area contributed by atoms with Crippen LogP contribution in [0.15, 0.2) is 65.8 Å². The van der Waals surface area contributed by atoms with Crippen LogP contribution in [0.25, 0.3) is 5.69 Å². The zero-order valence-electron chi connectivity index (χ0n) is 19.9. The Balaban J connectivity index is 1.59. The third-order valence-corrected chi connectivity index (χ3v) is 7.19. The molecule has 3 aromatic carbocycles. The molecular weight excluding hydrogens is 503 g/mol. The molecule has 0 unspecified atom stereocenters. The number of aryl methyl sites for hydroxylation is 3. The molecule has 0 fully saturated rings. The van der Waals surface area contributed by atoms with Gasteiger partial charge in [0.1, 0.15) is 29.2 Å². The molecule has 1 aromatic heterocycles. The molecule has 4 rings (SSSR count). The number of hydrogen-bond acceptors (Lipinski definition) is 6. The van der Waals surface area contributed by atoms with E-state index in [1.54, 1.807) is 30.3 Å². The molecule has 0 N–H and O–H groups in total. The standard InChI is InChI=1S/C26H24ClFN4O3S/c1-16-7-9-22(11-17(16)2)32-18(3)29-30-26(32)36-25(14-31(33)34)20-8-10-24(23(27)13-20)35-15-19-5-4-6-21(28)12-19/h4-13,25H,14-15H2,1-3H3/t25-/m0/s1. The molecule has 0 radical (unpaired) electrons. The molecule has 1 atom stereocenters. The lowest BCUT2D eigenvalue weighted by Gasteiger charge is -2.16. The van der Waals surface area contributed by atoms with Crippen LogP contribution in [0, 0.1) is 36.7 Å². The minimum Gasteiger partial charge on any atom is -0.487 e. The second kappa shape index (κ2) is 11.1. The predicted molar refractivity (Wildman–Crippen MR) is 138 cm³/mol. The molecule has 7 nitrogen and oxygen atoms in total. The lowest BCUT2D eigenvalue weighted by Crippen LogP contribution is -2.11. The van der Waals surface area contributed by atoms with Crippen LogP contribution >= 0.6 is 23.4 Å². The quantitative estimate of drug-likeness (QED) is 0.137. The number of benzene rings is 3. The van der Waals surface area contributed by atoms with Gasteiger partial charge in [-0.1, -0.05) is 47.6 Å². The molecule has 4 aromatic rings. The van der Waals surface area contributed by atoms with Crippen LogP contribution < -0.4 is 4.74 Å². The average Bonchev–Trinajstić information content (AvgIpc) is 3.19. The van der Waals surface area contributed by atoms with Crippen LogP contribution in [-0.2, 0) is 6.61 Å². The van der Waals surface area contributed by atoms with E-state index in [2.05, 4.69) is 10.2 Å². The van der Waals surface area contributed by atoms with Crippen LogP contribution in [0.2, 0.25) is 5.02 Å². The first kappa shape index (κ1) is 25.7. The van der Waals surface area contributed by atoms with Crippen LogP contribution in [0.3, 0.4) is 0 Å². The number of hydrogen-bond donors (Lipinski definition) is 0. The highest BCUT2D eigenvalue weighted by Crippen LogP contribution is 2.39. The fourth-order valence-corrected chi connectivity index (χ4v) is 5.08. The third kappa shape index (κ3) is 6.03. The number of thioether (sulfide) groups is 1. The van der Waals surface area contributed by atoms with Crippen molar-refractivity contribution in [2.75, 3.05) is 6.54 Å². The van der Waals surface area contributed by atoms with Gasteiger partial charge in [0.05, 0.1) is 5.02 Å². The van der Waals surface area contributed by atoms with E-state index in [4.69, 9.17) is 16.3 Å². The van der Waals surface area contributed by atoms with E-state index >= 15 is 0 Å². The van der Waals surface area contributed by atoms with Crippen molar-refractivity contribution in [3.63, 3.8) is 0 Å². The highest BCUT2D eigenvalue weighted by atomic mass is 35.5. The molecule has 1 heterocycles. The summed E-state index contributed by atoms with van der Waals surface area (Å²) < 4.78 is 21.1. The van der Waals surface area contributed by atoms with Crippen LogP contribution in [0.5, 0.6) is 5.75 Å². The van der Waals surface area contributed by atoms with Gasteiger partial charge in [0.2, 0.25) is 6.54 Å². The summed E-state index contributed by atoms with van der Waals surface area (Å²) in [5, 5.41) is 20.3. The summed E-state index contributed by atoms with van der Waals surface area (Å²) in [5.74, 6) is 0.740. The Hall–Kier alpha value is -3.43. The monoisotopic (exact) mass is 526 g/mol. The van der Waals surface area contributed by atoms with Crippen molar-refractivity contribution in [1.29, 1.82) is 0 Å². The van der Waals surface area contributed by atoms with E-state index < -0.39 is 5.25 Å². The van der Waals surface area contributed by atoms with Gasteiger partial charge in [-0.05, 0) is 79.4 Å². The molecule has 0 aliphatic heterocycles. The number of ether oxygens (including phenoxy) is 1. The summed E-state index contributed by atoms with van der Waals surface area (Å²) in [6.07, 6.45) is 0. The normalized spacial score (nSPS) is 11.9. The van der Waals surface area contributed by atoms with E-state index in [-0.39, 0.29) is 23.9 Å². The molecule has 186 valence electrons. The minimum absolute atomic E-state index is 0.141. The molecule has 10 heteroatoms. The molecule has 0 amide bonds. The summed E-state index contributed by atoms with van der Waals surface area (Å²) in [6, 6.07) is 17.2. The summed E-state index contributed by atoms with van der Waals surface area (Å²) in [6.45, 7) is 5.72. The molecular formula is C26H24ClFN4O3S. The average molecular weight is 527 g/mol. The van der Waals surface area contributed by atoms with E-state index in [1.165, 1.54) is 29.5 Å². The second-order valence-corrected chi connectivity index (χ2v) is 9.94. The lowest BCUT2D eigenvalue weighted by molar-refractivity contribution is -0.479. The van der Waals surface area contributed by atoms with Gasteiger partial charge in [-0.25, -0.2) is 4.39 Å². The fourth-order valence-electron chi connectivity index (χ4n) is 3.68. The van der Waals surface area contributed by atoms with E-state index in [0.29, 0.717) is 32.9 Å². The Kier molecular flexibility index (Phi) is 7.91. The molecule has 36 heavy (non-hydrogen) atoms. The van der Waals surface area contributed by atoms with Crippen molar-refractivity contribution in [3.8, 4) is 11.4 Å². The summed E-state index contributed by atoms with van der Waals surface area (Å²) >= 11 is 7.72. The van der Waals surface area contributed by atoms with Gasteiger partial charge < -0.3 is 4.74 Å². The van der Waals surface area contributed by atoms with Gasteiger partial charge in [0, 0.05) is 10.6 Å². The van der Waals surface area contributed by atoms with Gasteiger partial charge in [-0.3, -0.25) is 14.7 Å². The Morgan fingerprint density at radius 3 is 2.58 bits per heavy atom. The SMILES string of the molecule is Cc1ccc(-n2c(C)nnc2S[C@@H](C[N+](=O)[O-])c2ccc(OCc3cccc(F)c3)c(Cl)c2)cc1C. The largest absolute Gasteiger partial charge is 0.487 e. The van der Waals surface area contributed by atoms with Gasteiger partial charge >= 0.3 is 0 Å². The number of aromatic nitrogens is 3. The fraction of sp³-hybridized carbons (Fsp3) is 0.231. The summed E-state index contributed by atoms with van der Waals surface area (Å²) in [4.78, 5) is 11.2. The second-order valence-electron chi connectivity index (χ2n) is 8.36. The van der Waals surface area contributed by atoms with Crippen LogP contribution in [0.1, 0.15) is 33.3 Å². The van der Waals surface area contributed by atoms with Gasteiger partial charge in [0.25, 0.3) is 0 Å². The van der Waals surface area contributed by atoms with Crippen molar-refractivity contribution >= 4 is 23.4 Å². The number of nitrogens with zero attached hydrogens (tertiary/aromatic N) is 4. The molecule has 0 saturated carbocycles. The molecule has 0 aliphatic carbocycles. The van der Waals surface area contributed by atoms with E-state index in [0.717, 1.165) is 11.3 Å². The van der Waals surface area contributed by atoms with Gasteiger partial charge in [0.15, 0.2) is 5.16 Å². The van der Waals surface area contributed by atoms with Crippen molar-refractivity contribution < 1.29 is 14.1 Å². The zero-order chi connectivity index (χ0) is 25.8. The first-order valence-corrected chi connectivity index (χ1v) is 12.4. The van der Waals surface area contributed by atoms with E-state index in [1.807, 2.05) is 43.5 Å². The molecule has 0 bridgehead atoms. The maximum Gasteiger partial charge on any atom is 0.220 e. The van der Waals surface area contributed by atoms with Crippen LogP contribution in [0.4, 0.5) is 4.39 Å². The maximum atomic E-state index is 13.4. The predicted octanol–water partition coefficient (Wildman–Crippen LogP) is 6.67. The highest BCUT2D eigenvalue weighted by molar-refractivity contribution is 7.99. The van der Waals surface area contributed by atoms with Crippen LogP contribution in [-0.4, -0.2) is 26.2 Å². The summed E-state index contributed by atoms with van der Waals surface area (Å²) in [5.41, 5.74) is 4.51. The van der Waals surface area contributed by atoms with Gasteiger partial charge in [-0.2, -0.15) is 0 Å². The van der Waals surface area contributed by atoms with Crippen molar-refractivity contribution in [2.24, 2.45) is 0 Å². The Morgan fingerprint density at radius 2 is 1.89 bits per heavy atom. The molecule has 0 aliphatic rings. The van der Waals surface area contributed by atoms with Crippen molar-refractivity contribution in [3.05, 3.63) is 110 Å². The minimum atomic E-state index is -0.566.